The van der Waals surface area contributed by atoms with Crippen LogP contribution in [0.4, 0.5) is 23.3 Å². The Kier molecular flexibility index (Phi) is 28.1. The lowest BCUT2D eigenvalue weighted by molar-refractivity contribution is -0.139. The van der Waals surface area contributed by atoms with Gasteiger partial charge in [-0.05, 0) is 306 Å². The number of carboxylic acids is 4. The largest absolute Gasteiger partial charge is 0.481 e. The Morgan fingerprint density at radius 3 is 1.02 bits per heavy atom. The molecule has 0 spiro atoms. The molecule has 662 valence electrons. The molecule has 9 N–H and O–H groups in total. The molecule has 122 heavy (non-hydrogen) atoms. The van der Waals surface area contributed by atoms with Gasteiger partial charge in [0.1, 0.15) is 23.3 Å². The van der Waals surface area contributed by atoms with E-state index in [9.17, 15) is 53.7 Å². The van der Waals surface area contributed by atoms with E-state index >= 15 is 0 Å². The molecule has 17 fully saturated rings. The predicted molar refractivity (Wildman–Crippen MR) is 467 cm³/mol. The second-order valence-corrected chi connectivity index (χ2v) is 40.3. The van der Waals surface area contributed by atoms with Gasteiger partial charge in [0.15, 0.2) is 0 Å². The van der Waals surface area contributed by atoms with Crippen LogP contribution in [0.15, 0.2) is 48.5 Å². The molecule has 4 amide bonds. The number of aromatic nitrogens is 4. The van der Waals surface area contributed by atoms with E-state index in [4.69, 9.17) is 30.1 Å². The maximum absolute atomic E-state index is 13.4. The quantitative estimate of drug-likeness (QED) is 0.0282. The van der Waals surface area contributed by atoms with Gasteiger partial charge in [-0.3, -0.25) is 38.4 Å². The first kappa shape index (κ1) is 87.0. The van der Waals surface area contributed by atoms with Crippen LogP contribution in [0.25, 0.3) is 0 Å². The smallest absolute Gasteiger partial charge is 0.303 e. The van der Waals surface area contributed by atoms with Crippen LogP contribution < -0.4 is 40.9 Å². The van der Waals surface area contributed by atoms with Crippen LogP contribution in [-0.4, -0.2) is 175 Å². The van der Waals surface area contributed by atoms with Crippen LogP contribution in [0.5, 0.6) is 0 Å². The number of nitrogens with one attached hydrogen (secondary N) is 4. The Labute approximate surface area is 720 Å². The number of hydrogen-bond acceptors (Lipinski definition) is 17. The number of carbonyl (C=O) groups is 8. The number of anilines is 4. The van der Waals surface area contributed by atoms with Crippen LogP contribution in [0.1, 0.15) is 346 Å². The predicted octanol–water partition coefficient (Wildman–Crippen LogP) is 15.4. The number of nitrogens with zero attached hydrogens (tertiary/aromatic N) is 8. The molecule has 0 aromatic carbocycles. The average Bonchev–Trinajstić information content (AvgIpc) is 1.11. The first-order chi connectivity index (χ1) is 59.1. The summed E-state index contributed by atoms with van der Waals surface area (Å²) >= 11 is 0. The van der Waals surface area contributed by atoms with Crippen molar-refractivity contribution < 1.29 is 63.9 Å². The van der Waals surface area contributed by atoms with Crippen molar-refractivity contribution in [1.82, 2.24) is 41.2 Å². The van der Waals surface area contributed by atoms with Gasteiger partial charge >= 0.3 is 23.9 Å². The number of unbranched alkanes of at least 4 members (excludes halogenated alkanes) is 1. The first-order valence-corrected chi connectivity index (χ1v) is 47.9. The highest BCUT2D eigenvalue weighted by Crippen LogP contribution is 2.57. The molecule has 25 nitrogen and oxygen atoms in total. The van der Waals surface area contributed by atoms with Gasteiger partial charge in [-0.1, -0.05) is 51.9 Å². The van der Waals surface area contributed by atoms with Gasteiger partial charge in [0.05, 0.1) is 50.6 Å². The Balaban J connectivity index is 0.000000121. The number of aliphatic hydroxyl groups is 1. The summed E-state index contributed by atoms with van der Waals surface area (Å²) in [4.78, 5) is 126. The van der Waals surface area contributed by atoms with Crippen LogP contribution in [0, 0.1) is 65.1 Å². The first-order valence-electron chi connectivity index (χ1n) is 47.9. The molecule has 4 aromatic rings. The van der Waals surface area contributed by atoms with Gasteiger partial charge in [-0.15, -0.1) is 0 Å². The fourth-order valence-corrected chi connectivity index (χ4v) is 24.5. The van der Waals surface area contributed by atoms with Crippen molar-refractivity contribution in [2.24, 2.45) is 65.1 Å². The normalized spacial score (nSPS) is 29.7. The Hall–Kier alpha value is -8.48. The van der Waals surface area contributed by atoms with E-state index in [0.717, 1.165) is 282 Å². The number of carboxylic acid groups (broad SMARTS) is 4. The van der Waals surface area contributed by atoms with E-state index < -0.39 is 29.5 Å². The number of aryl methyl sites for hydroxylation is 1. The molecule has 17 aliphatic rings. The SMILES string of the molecule is CCCCc1nc(N2CCC[C@@H](CC(=O)O)C2)ccc1C(=O)NC1CCCCC1.O=C(O)C[C@@H]1CCCN(c2ccc(C(=O)NC3C4CC5CC(C4)CC3C5)c(C3CC3)n2)C1.O=C(O)C[C@@H]1CCCN(c2ccc(C(=O)NC3C4CC5CC3CC(O)(C5)C4)c(C3CC3)n2)C1.O=C(O)C[C@@H]1CCCN(c2ccc(C(=O)NC3CCCCC3)c(C3CC3)n2)C1. The fourth-order valence-electron chi connectivity index (χ4n) is 24.5. The van der Waals surface area contributed by atoms with E-state index in [1.165, 1.54) is 70.6 Å². The summed E-state index contributed by atoms with van der Waals surface area (Å²) in [5.74, 6) is 7.09. The van der Waals surface area contributed by atoms with Crippen LogP contribution in [0.3, 0.4) is 0 Å². The van der Waals surface area contributed by atoms with E-state index in [1.807, 2.05) is 48.5 Å². The number of pyridine rings is 4. The van der Waals surface area contributed by atoms with E-state index in [2.05, 4.69) is 47.8 Å². The third-order valence-corrected chi connectivity index (χ3v) is 30.5. The molecule has 4 saturated heterocycles. The standard InChI is InChI=1S/C26H35N3O4.C26H35N3O3.C23H35N3O3.C22H31N3O3/c30-22(31)10-15-2-1-7-29(14-15)21-6-5-20(24(27-21)17-3-4-17)25(32)28-23-18-8-16-9-19(23)13-26(33,11-16)12-18;30-23(31)13-15-2-1-7-29(14-15)22-6-5-21(25(27-22)18-3-4-18)26(32)28-24-19-9-16-8-17(11-19)12-20(24)10-16;1-2-3-11-20-19(23(29)24-18-9-5-4-6-10-18)12-13-21(25-20)26-14-7-8-17(16-26)15-22(27)28;26-20(27)13-15-5-4-12-25(14-15)19-11-10-18(21(24-19)16-8-9-16)22(28)23-17-6-2-1-3-7-17/h5-6,15-19,23,33H,1-4,7-14H2,(H,28,32)(H,30,31);5-6,15-20,24H,1-4,7-14H2,(H,28,32)(H,30,31);12-13,17-18H,2-11,14-16H2,1H3,(H,24,29)(H,27,28);10-11,15-17H,1-9,12-14H2,(H,23,28)(H,26,27)/t15-,16?,18?,19?,23?,26?;15-,16?,17?,19?,20?,24?;17-;15-/m0000/s1. The number of carbonyl (C=O) groups excluding carboxylic acids is 4. The number of piperidine rings is 4. The third-order valence-electron chi connectivity index (χ3n) is 30.5. The lowest BCUT2D eigenvalue weighted by Crippen LogP contribution is -2.61. The molecule has 8 bridgehead atoms. The van der Waals surface area contributed by atoms with Gasteiger partial charge in [0, 0.05) is 120 Å². The van der Waals surface area contributed by atoms with E-state index in [0.29, 0.717) is 77.1 Å². The highest BCUT2D eigenvalue weighted by atomic mass is 16.4. The summed E-state index contributed by atoms with van der Waals surface area (Å²) in [7, 11) is 0. The monoisotopic (exact) mass is 1680 g/mol. The second kappa shape index (κ2) is 39.4. The Morgan fingerprint density at radius 1 is 0.361 bits per heavy atom. The molecule has 21 rings (SSSR count). The molecule has 25 heteroatoms. The minimum atomic E-state index is -0.739. The zero-order chi connectivity index (χ0) is 84.7. The van der Waals surface area contributed by atoms with Crippen molar-refractivity contribution in [1.29, 1.82) is 0 Å². The Bertz CT molecular complexity index is 4340. The van der Waals surface area contributed by atoms with Crippen LogP contribution >= 0.6 is 0 Å². The summed E-state index contributed by atoms with van der Waals surface area (Å²) in [5, 5.41) is 60.7. The lowest BCUT2D eigenvalue weighted by Gasteiger charge is -2.58. The lowest BCUT2D eigenvalue weighted by atomic mass is 9.52. The number of amides is 4. The maximum Gasteiger partial charge on any atom is 0.303 e. The summed E-state index contributed by atoms with van der Waals surface area (Å²) in [6.07, 6.45) is 41.1. The Morgan fingerprint density at radius 2 is 0.680 bits per heavy atom. The van der Waals surface area contributed by atoms with E-state index in [-0.39, 0.29) is 85.1 Å². The fraction of sp³-hybridized carbons (Fsp3) is 0.711. The highest BCUT2D eigenvalue weighted by Gasteiger charge is 2.56. The zero-order valence-electron chi connectivity index (χ0n) is 72.2. The van der Waals surface area contributed by atoms with Crippen molar-refractivity contribution in [3.63, 3.8) is 0 Å². The summed E-state index contributed by atoms with van der Waals surface area (Å²) in [5.41, 5.74) is 6.09. The highest BCUT2D eigenvalue weighted by molar-refractivity contribution is 5.98. The molecule has 8 heterocycles. The van der Waals surface area contributed by atoms with Crippen molar-refractivity contribution in [2.45, 2.75) is 318 Å². The molecular weight excluding hydrogens is 1540 g/mol. The van der Waals surface area contributed by atoms with E-state index in [1.54, 1.807) is 0 Å². The molecule has 4 aromatic heterocycles. The third kappa shape index (κ3) is 22.2. The summed E-state index contributed by atoms with van der Waals surface area (Å²) in [6.45, 7) is 8.64. The molecule has 13 aliphatic carbocycles. The topological polar surface area (TPSA) is 350 Å². The van der Waals surface area contributed by atoms with Gasteiger partial charge in [0.25, 0.3) is 23.6 Å². The number of aliphatic carboxylic acids is 4. The molecular formula is C97H136N12O13. The maximum atomic E-state index is 13.4. The van der Waals surface area contributed by atoms with Crippen molar-refractivity contribution >= 4 is 70.8 Å². The van der Waals surface area contributed by atoms with Crippen LogP contribution in [-0.2, 0) is 25.6 Å². The summed E-state index contributed by atoms with van der Waals surface area (Å²) in [6, 6.07) is 16.7. The van der Waals surface area contributed by atoms with Crippen molar-refractivity contribution in [3.8, 4) is 0 Å². The zero-order valence-corrected chi connectivity index (χ0v) is 72.2. The van der Waals surface area contributed by atoms with Gasteiger partial charge in [-0.25, -0.2) is 19.9 Å². The van der Waals surface area contributed by atoms with Crippen molar-refractivity contribution in [3.05, 3.63) is 93.6 Å². The minimum absolute atomic E-state index is 0.00412. The molecule has 2 unspecified atom stereocenters. The van der Waals surface area contributed by atoms with Gasteiger partial charge < -0.3 is 66.4 Å². The molecule has 13 saturated carbocycles. The minimum Gasteiger partial charge on any atom is -0.481 e. The summed E-state index contributed by atoms with van der Waals surface area (Å²) < 4.78 is 0. The second-order valence-electron chi connectivity index (χ2n) is 40.3. The average molecular weight is 1680 g/mol. The molecule has 0 radical (unpaired) electrons. The van der Waals surface area contributed by atoms with Crippen molar-refractivity contribution in [2.75, 3.05) is 72.0 Å². The van der Waals surface area contributed by atoms with Gasteiger partial charge in [0.2, 0.25) is 0 Å². The molecule has 4 aliphatic heterocycles. The molecule has 6 atom stereocenters. The number of rotatable bonds is 26. The van der Waals surface area contributed by atoms with Crippen LogP contribution in [0.2, 0.25) is 0 Å². The number of hydrogen-bond donors (Lipinski definition) is 9. The van der Waals surface area contributed by atoms with Gasteiger partial charge in [-0.2, -0.15) is 0 Å².